The Balaban J connectivity index is 0.000000121. The van der Waals surface area contributed by atoms with Crippen molar-refractivity contribution in [2.45, 2.75) is 0 Å². The van der Waals surface area contributed by atoms with E-state index in [9.17, 15) is 0 Å². The average molecular weight is 264 g/mol. The molecule has 0 bridgehead atoms. The molecule has 0 spiro atoms. The Morgan fingerprint density at radius 2 is 1.40 bits per heavy atom. The Kier molecular flexibility index (Phi) is 3.73. The van der Waals surface area contributed by atoms with Gasteiger partial charge in [0.2, 0.25) is 0 Å². The van der Waals surface area contributed by atoms with Crippen molar-refractivity contribution < 1.29 is 0 Å². The zero-order valence-corrected chi connectivity index (χ0v) is 11.1. The van der Waals surface area contributed by atoms with Crippen LogP contribution in [0, 0.1) is 0 Å². The molecule has 0 fully saturated rings. The molecule has 0 saturated carbocycles. The van der Waals surface area contributed by atoms with E-state index in [0.717, 1.165) is 24.0 Å². The molecule has 3 aromatic rings. The van der Waals surface area contributed by atoms with E-state index in [1.165, 1.54) is 11.4 Å². The molecule has 2 heterocycles. The molecule has 2 aromatic carbocycles. The third kappa shape index (κ3) is 2.85. The summed E-state index contributed by atoms with van der Waals surface area (Å²) < 4.78 is 0. The van der Waals surface area contributed by atoms with Crippen molar-refractivity contribution >= 4 is 22.3 Å². The maximum Gasteiger partial charge on any atom is 0.0929 e. The van der Waals surface area contributed by atoms with Gasteiger partial charge in [-0.3, -0.25) is 0 Å². The van der Waals surface area contributed by atoms with Gasteiger partial charge in [0.15, 0.2) is 0 Å². The fourth-order valence-corrected chi connectivity index (χ4v) is 2.11. The van der Waals surface area contributed by atoms with Crippen LogP contribution in [0.3, 0.4) is 0 Å². The molecule has 1 aromatic heterocycles. The van der Waals surface area contributed by atoms with Crippen molar-refractivity contribution in [3.05, 3.63) is 60.8 Å². The van der Waals surface area contributed by atoms with Crippen LogP contribution in [-0.2, 0) is 0 Å². The van der Waals surface area contributed by atoms with E-state index >= 15 is 0 Å². The predicted octanol–water partition coefficient (Wildman–Crippen LogP) is 3.15. The molecule has 1 aliphatic rings. The normalized spacial score (nSPS) is 12.4. The van der Waals surface area contributed by atoms with Crippen molar-refractivity contribution in [1.29, 1.82) is 0 Å². The first-order chi connectivity index (χ1) is 9.93. The van der Waals surface area contributed by atoms with Crippen LogP contribution in [0.4, 0.5) is 11.4 Å². The molecule has 1 aliphatic heterocycles. The van der Waals surface area contributed by atoms with Crippen LogP contribution < -0.4 is 10.6 Å². The smallest absolute Gasteiger partial charge is 0.0929 e. The van der Waals surface area contributed by atoms with Crippen molar-refractivity contribution in [3.8, 4) is 0 Å². The van der Waals surface area contributed by atoms with Gasteiger partial charge in [-0.2, -0.15) is 10.2 Å². The fourth-order valence-electron chi connectivity index (χ4n) is 2.11. The molecule has 0 amide bonds. The highest BCUT2D eigenvalue weighted by atomic mass is 15.1. The summed E-state index contributed by atoms with van der Waals surface area (Å²) in [4.78, 5) is 0. The summed E-state index contributed by atoms with van der Waals surface area (Å²) in [7, 11) is 0. The first-order valence-corrected chi connectivity index (χ1v) is 6.67. The van der Waals surface area contributed by atoms with Crippen molar-refractivity contribution in [2.75, 3.05) is 23.7 Å². The number of rotatable bonds is 0. The van der Waals surface area contributed by atoms with Crippen molar-refractivity contribution in [2.24, 2.45) is 0 Å². The molecule has 2 N–H and O–H groups in total. The standard InChI is InChI=1S/C8H10N2.C8H6N2/c1-2-4-8-7(3-1)9-5-6-10-8;1-2-4-8-7(3-1)5-6-9-10-8/h1-4,9-10H,5-6H2;1-6H. The lowest BCUT2D eigenvalue weighted by molar-refractivity contribution is 1.05. The summed E-state index contributed by atoms with van der Waals surface area (Å²) in [5, 5.41) is 15.4. The summed E-state index contributed by atoms with van der Waals surface area (Å²) >= 11 is 0. The molecule has 0 unspecified atom stereocenters. The fraction of sp³-hybridized carbons (Fsp3) is 0.125. The highest BCUT2D eigenvalue weighted by Gasteiger charge is 2.03. The highest BCUT2D eigenvalue weighted by molar-refractivity contribution is 5.77. The van der Waals surface area contributed by atoms with Gasteiger partial charge in [0.05, 0.1) is 23.1 Å². The van der Waals surface area contributed by atoms with Gasteiger partial charge in [0.1, 0.15) is 0 Å². The molecule has 0 atom stereocenters. The van der Waals surface area contributed by atoms with Crippen LogP contribution in [0.1, 0.15) is 0 Å². The molecule has 20 heavy (non-hydrogen) atoms. The van der Waals surface area contributed by atoms with Gasteiger partial charge >= 0.3 is 0 Å². The quantitative estimate of drug-likeness (QED) is 0.655. The summed E-state index contributed by atoms with van der Waals surface area (Å²) in [5.41, 5.74) is 3.38. The van der Waals surface area contributed by atoms with Crippen LogP contribution in [0.2, 0.25) is 0 Å². The summed E-state index contributed by atoms with van der Waals surface area (Å²) in [5.74, 6) is 0. The lowest BCUT2D eigenvalue weighted by atomic mass is 10.2. The van der Waals surface area contributed by atoms with Gasteiger partial charge < -0.3 is 10.6 Å². The van der Waals surface area contributed by atoms with E-state index in [1.807, 2.05) is 42.5 Å². The van der Waals surface area contributed by atoms with E-state index in [0.29, 0.717) is 0 Å². The van der Waals surface area contributed by atoms with Gasteiger partial charge in [-0.1, -0.05) is 30.3 Å². The van der Waals surface area contributed by atoms with E-state index < -0.39 is 0 Å². The second kappa shape index (κ2) is 6.02. The SMILES string of the molecule is c1ccc2c(c1)NCCN2.c1ccc2nnccc2c1. The lowest BCUT2D eigenvalue weighted by Gasteiger charge is -2.18. The zero-order chi connectivity index (χ0) is 13.6. The number of hydrogen-bond donors (Lipinski definition) is 2. The Bertz CT molecular complexity index is 606. The number of nitrogens with zero attached hydrogens (tertiary/aromatic N) is 2. The number of aromatic nitrogens is 2. The Hall–Kier alpha value is -2.62. The zero-order valence-electron chi connectivity index (χ0n) is 11.1. The van der Waals surface area contributed by atoms with Gasteiger partial charge in [-0.05, 0) is 24.3 Å². The van der Waals surface area contributed by atoms with Crippen LogP contribution in [-0.4, -0.2) is 23.3 Å². The Morgan fingerprint density at radius 1 is 0.750 bits per heavy atom. The largest absolute Gasteiger partial charge is 0.382 e. The van der Waals surface area contributed by atoms with Gasteiger partial charge in [0.25, 0.3) is 0 Å². The van der Waals surface area contributed by atoms with E-state index in [1.54, 1.807) is 6.20 Å². The molecule has 0 radical (unpaired) electrons. The molecule has 100 valence electrons. The first kappa shape index (κ1) is 12.4. The molecule has 4 heteroatoms. The van der Waals surface area contributed by atoms with Gasteiger partial charge in [-0.15, -0.1) is 0 Å². The lowest BCUT2D eigenvalue weighted by Crippen LogP contribution is -2.19. The van der Waals surface area contributed by atoms with Crippen LogP contribution >= 0.6 is 0 Å². The Labute approximate surface area is 117 Å². The first-order valence-electron chi connectivity index (χ1n) is 6.67. The van der Waals surface area contributed by atoms with Gasteiger partial charge in [-0.25, -0.2) is 0 Å². The van der Waals surface area contributed by atoms with Crippen molar-refractivity contribution in [3.63, 3.8) is 0 Å². The molecule has 0 aliphatic carbocycles. The Morgan fingerprint density at radius 3 is 2.10 bits per heavy atom. The molecular weight excluding hydrogens is 248 g/mol. The number of hydrogen-bond acceptors (Lipinski definition) is 4. The van der Waals surface area contributed by atoms with E-state index in [2.05, 4.69) is 33.0 Å². The second-order valence-corrected chi connectivity index (χ2v) is 4.49. The average Bonchev–Trinajstić information content (AvgIpc) is 2.56. The highest BCUT2D eigenvalue weighted by Crippen LogP contribution is 2.22. The number of fused-ring (bicyclic) bond motifs is 2. The minimum absolute atomic E-state index is 0.949. The minimum Gasteiger partial charge on any atom is -0.382 e. The van der Waals surface area contributed by atoms with E-state index in [4.69, 9.17) is 0 Å². The topological polar surface area (TPSA) is 49.8 Å². The summed E-state index contributed by atoms with van der Waals surface area (Å²) in [6.07, 6.45) is 1.70. The maximum atomic E-state index is 3.93. The molecule has 4 rings (SSSR count). The number of benzene rings is 2. The minimum atomic E-state index is 0.949. The number of para-hydroxylation sites is 2. The maximum absolute atomic E-state index is 3.93. The van der Waals surface area contributed by atoms with E-state index in [-0.39, 0.29) is 0 Å². The monoisotopic (exact) mass is 264 g/mol. The molecular formula is C16H16N4. The second-order valence-electron chi connectivity index (χ2n) is 4.49. The predicted molar refractivity (Wildman–Crippen MR) is 83.0 cm³/mol. The van der Waals surface area contributed by atoms with Crippen LogP contribution in [0.15, 0.2) is 60.8 Å². The summed E-state index contributed by atoms with van der Waals surface area (Å²) in [6.45, 7) is 2.05. The van der Waals surface area contributed by atoms with Crippen LogP contribution in [0.5, 0.6) is 0 Å². The molecule has 4 nitrogen and oxygen atoms in total. The third-order valence-electron chi connectivity index (χ3n) is 3.11. The van der Waals surface area contributed by atoms with Crippen molar-refractivity contribution in [1.82, 2.24) is 10.2 Å². The number of anilines is 2. The number of nitrogens with one attached hydrogen (secondary N) is 2. The van der Waals surface area contributed by atoms with Crippen LogP contribution in [0.25, 0.3) is 10.9 Å². The summed E-state index contributed by atoms with van der Waals surface area (Å²) in [6, 6.07) is 18.1. The third-order valence-corrected chi connectivity index (χ3v) is 3.11. The molecule has 0 saturated heterocycles. The van der Waals surface area contributed by atoms with Gasteiger partial charge in [0, 0.05) is 18.5 Å².